The number of benzene rings is 1. The third-order valence-corrected chi connectivity index (χ3v) is 4.23. The van der Waals surface area contributed by atoms with Gasteiger partial charge >= 0.3 is 6.09 Å². The number of carbonyl (C=O) groups is 2. The summed E-state index contributed by atoms with van der Waals surface area (Å²) in [7, 11) is 0. The fraction of sp³-hybridized carbons (Fsp3) is 0.450. The van der Waals surface area contributed by atoms with Gasteiger partial charge in [-0.25, -0.2) is 4.79 Å². The van der Waals surface area contributed by atoms with Gasteiger partial charge < -0.3 is 15.4 Å². The Balaban J connectivity index is 1.66. The number of hydrogen-bond donors (Lipinski definition) is 2. The Hall–Kier alpha value is -2.63. The van der Waals surface area contributed by atoms with E-state index in [1.165, 1.54) is 0 Å². The number of nitrogens with one attached hydrogen (secondary N) is 2. The number of aromatic nitrogens is 1. The third kappa shape index (κ3) is 4.12. The van der Waals surface area contributed by atoms with E-state index in [0.29, 0.717) is 13.1 Å². The van der Waals surface area contributed by atoms with E-state index in [1.54, 1.807) is 0 Å². The Labute approximate surface area is 153 Å². The molecule has 0 aliphatic heterocycles. The molecule has 0 radical (unpaired) electrons. The van der Waals surface area contributed by atoms with Crippen molar-refractivity contribution in [1.82, 2.24) is 15.6 Å². The molecule has 3 rings (SSSR count). The van der Waals surface area contributed by atoms with Crippen molar-refractivity contribution in [2.45, 2.75) is 45.6 Å². The van der Waals surface area contributed by atoms with E-state index in [0.717, 1.165) is 47.0 Å². The summed E-state index contributed by atoms with van der Waals surface area (Å²) in [6.07, 6.45) is 2.34. The molecule has 0 fully saturated rings. The van der Waals surface area contributed by atoms with Gasteiger partial charge in [0.05, 0.1) is 11.1 Å². The maximum Gasteiger partial charge on any atom is 0.407 e. The molecule has 0 bridgehead atoms. The van der Waals surface area contributed by atoms with Crippen LogP contribution in [0, 0.1) is 0 Å². The summed E-state index contributed by atoms with van der Waals surface area (Å²) in [4.78, 5) is 29.2. The van der Waals surface area contributed by atoms with Gasteiger partial charge in [-0.05, 0) is 51.7 Å². The molecular weight excluding hydrogens is 330 g/mol. The number of ether oxygens (including phenoxy) is 1. The van der Waals surface area contributed by atoms with E-state index >= 15 is 0 Å². The fourth-order valence-corrected chi connectivity index (χ4v) is 3.21. The molecule has 2 aromatic rings. The quantitative estimate of drug-likeness (QED) is 0.826. The molecule has 0 atom stereocenters. The number of carbonyl (C=O) groups excluding carboxylic acids is 2. The van der Waals surface area contributed by atoms with Crippen LogP contribution in [0.3, 0.4) is 0 Å². The molecule has 0 unspecified atom stereocenters. The highest BCUT2D eigenvalue weighted by molar-refractivity contribution is 6.07. The largest absolute Gasteiger partial charge is 0.444 e. The smallest absolute Gasteiger partial charge is 0.407 e. The van der Waals surface area contributed by atoms with Crippen molar-refractivity contribution < 1.29 is 14.3 Å². The minimum Gasteiger partial charge on any atom is -0.444 e. The standard InChI is InChI=1S/C20H25N3O3/c1-20(2,3)26-19(25)22-12-11-21-18(24)17-13-7-4-5-9-15(13)23-16-10-6-8-14(16)17/h4-5,7,9H,6,8,10-12H2,1-3H3,(H,21,24)(H,22,25). The molecule has 138 valence electrons. The van der Waals surface area contributed by atoms with Crippen molar-refractivity contribution in [2.75, 3.05) is 13.1 Å². The molecule has 1 aliphatic carbocycles. The maximum atomic E-state index is 12.8. The van der Waals surface area contributed by atoms with Crippen LogP contribution in [0.2, 0.25) is 0 Å². The predicted octanol–water partition coefficient (Wildman–Crippen LogP) is 2.98. The molecule has 1 heterocycles. The van der Waals surface area contributed by atoms with Crippen LogP contribution in [0.1, 0.15) is 48.8 Å². The topological polar surface area (TPSA) is 80.3 Å². The number of aryl methyl sites for hydroxylation is 1. The zero-order chi connectivity index (χ0) is 18.7. The summed E-state index contributed by atoms with van der Waals surface area (Å²) in [5, 5.41) is 6.43. The lowest BCUT2D eigenvalue weighted by atomic mass is 10.0. The number of rotatable bonds is 4. The molecule has 0 saturated carbocycles. The maximum absolute atomic E-state index is 12.8. The number of amides is 2. The highest BCUT2D eigenvalue weighted by atomic mass is 16.6. The fourth-order valence-electron chi connectivity index (χ4n) is 3.21. The number of fused-ring (bicyclic) bond motifs is 2. The highest BCUT2D eigenvalue weighted by Crippen LogP contribution is 2.29. The number of nitrogens with zero attached hydrogens (tertiary/aromatic N) is 1. The lowest BCUT2D eigenvalue weighted by Crippen LogP contribution is -2.38. The van der Waals surface area contributed by atoms with E-state index in [-0.39, 0.29) is 5.91 Å². The van der Waals surface area contributed by atoms with Gasteiger partial charge in [-0.1, -0.05) is 18.2 Å². The molecule has 2 amide bonds. The van der Waals surface area contributed by atoms with E-state index < -0.39 is 11.7 Å². The summed E-state index contributed by atoms with van der Waals surface area (Å²) in [5.41, 5.74) is 3.12. The first kappa shape index (κ1) is 18.2. The molecule has 26 heavy (non-hydrogen) atoms. The molecule has 0 saturated heterocycles. The number of pyridine rings is 1. The second-order valence-corrected chi connectivity index (χ2v) is 7.47. The van der Waals surface area contributed by atoms with Crippen molar-refractivity contribution >= 4 is 22.9 Å². The van der Waals surface area contributed by atoms with Gasteiger partial charge in [0.1, 0.15) is 5.60 Å². The van der Waals surface area contributed by atoms with Gasteiger partial charge in [0, 0.05) is 24.2 Å². The van der Waals surface area contributed by atoms with E-state index in [1.807, 2.05) is 45.0 Å². The monoisotopic (exact) mass is 355 g/mol. The number of para-hydroxylation sites is 1. The van der Waals surface area contributed by atoms with Crippen molar-refractivity contribution in [3.05, 3.63) is 41.1 Å². The Morgan fingerprint density at radius 3 is 2.62 bits per heavy atom. The van der Waals surface area contributed by atoms with Crippen LogP contribution >= 0.6 is 0 Å². The van der Waals surface area contributed by atoms with Gasteiger partial charge in [-0.3, -0.25) is 9.78 Å². The summed E-state index contributed by atoms with van der Waals surface area (Å²) in [6.45, 7) is 6.08. The second kappa shape index (κ2) is 7.32. The third-order valence-electron chi connectivity index (χ3n) is 4.23. The van der Waals surface area contributed by atoms with Crippen LogP contribution in [-0.4, -0.2) is 35.7 Å². The van der Waals surface area contributed by atoms with Gasteiger partial charge in [0.15, 0.2) is 0 Å². The van der Waals surface area contributed by atoms with Crippen LogP contribution in [0.5, 0.6) is 0 Å². The molecule has 1 aliphatic rings. The number of alkyl carbamates (subject to hydrolysis) is 1. The average Bonchev–Trinajstić information content (AvgIpc) is 3.02. The molecule has 1 aromatic heterocycles. The normalized spacial score (nSPS) is 13.3. The van der Waals surface area contributed by atoms with Crippen LogP contribution < -0.4 is 10.6 Å². The Morgan fingerprint density at radius 1 is 1.12 bits per heavy atom. The van der Waals surface area contributed by atoms with Gasteiger partial charge in [-0.15, -0.1) is 0 Å². The zero-order valence-corrected chi connectivity index (χ0v) is 15.5. The Bertz CT molecular complexity index is 840. The zero-order valence-electron chi connectivity index (χ0n) is 15.5. The van der Waals surface area contributed by atoms with Crippen molar-refractivity contribution in [2.24, 2.45) is 0 Å². The first-order valence-electron chi connectivity index (χ1n) is 9.01. The van der Waals surface area contributed by atoms with Gasteiger partial charge in [0.25, 0.3) is 5.91 Å². The number of hydrogen-bond acceptors (Lipinski definition) is 4. The Morgan fingerprint density at radius 2 is 1.85 bits per heavy atom. The SMILES string of the molecule is CC(C)(C)OC(=O)NCCNC(=O)c1c2c(nc3ccccc13)CCC2. The molecular formula is C20H25N3O3. The van der Waals surface area contributed by atoms with Crippen LogP contribution in [0.15, 0.2) is 24.3 Å². The van der Waals surface area contributed by atoms with E-state index in [9.17, 15) is 9.59 Å². The minimum atomic E-state index is -0.538. The molecule has 6 nitrogen and oxygen atoms in total. The van der Waals surface area contributed by atoms with Crippen molar-refractivity contribution in [1.29, 1.82) is 0 Å². The van der Waals surface area contributed by atoms with Crippen molar-refractivity contribution in [3.8, 4) is 0 Å². The minimum absolute atomic E-state index is 0.118. The first-order chi connectivity index (χ1) is 12.3. The van der Waals surface area contributed by atoms with Crippen LogP contribution in [0.4, 0.5) is 4.79 Å². The molecule has 1 aromatic carbocycles. The second-order valence-electron chi connectivity index (χ2n) is 7.47. The lowest BCUT2D eigenvalue weighted by molar-refractivity contribution is 0.0526. The summed E-state index contributed by atoms with van der Waals surface area (Å²) >= 11 is 0. The molecule has 6 heteroatoms. The van der Waals surface area contributed by atoms with Crippen LogP contribution in [-0.2, 0) is 17.6 Å². The van der Waals surface area contributed by atoms with E-state index in [2.05, 4.69) is 10.6 Å². The average molecular weight is 355 g/mol. The molecule has 0 spiro atoms. The summed E-state index contributed by atoms with van der Waals surface area (Å²) < 4.78 is 5.18. The van der Waals surface area contributed by atoms with E-state index in [4.69, 9.17) is 9.72 Å². The van der Waals surface area contributed by atoms with Gasteiger partial charge in [0.2, 0.25) is 0 Å². The van der Waals surface area contributed by atoms with Gasteiger partial charge in [-0.2, -0.15) is 0 Å². The van der Waals surface area contributed by atoms with Crippen LogP contribution in [0.25, 0.3) is 10.9 Å². The van der Waals surface area contributed by atoms with Crippen molar-refractivity contribution in [3.63, 3.8) is 0 Å². The summed E-state index contributed by atoms with van der Waals surface area (Å²) in [5.74, 6) is -0.118. The predicted molar refractivity (Wildman–Crippen MR) is 100 cm³/mol. The first-order valence-corrected chi connectivity index (χ1v) is 9.01. The highest BCUT2D eigenvalue weighted by Gasteiger charge is 2.23. The summed E-state index contributed by atoms with van der Waals surface area (Å²) in [6, 6.07) is 7.74. The Kier molecular flexibility index (Phi) is 5.11. The molecule has 2 N–H and O–H groups in total. The lowest BCUT2D eigenvalue weighted by Gasteiger charge is -2.19.